The quantitative estimate of drug-likeness (QED) is 0.714. The maximum Gasteiger partial charge on any atom is 0.0886 e. The SMILES string of the molecule is C=CC(C)(C)n1cc(C(C)(CC)CC)nn1. The summed E-state index contributed by atoms with van der Waals surface area (Å²) in [6.45, 7) is 14.6. The molecule has 0 amide bonds. The molecule has 0 saturated heterocycles. The fraction of sp³-hybridized carbons (Fsp3) is 0.692. The third-order valence-corrected chi connectivity index (χ3v) is 3.76. The van der Waals surface area contributed by atoms with Gasteiger partial charge in [0.2, 0.25) is 0 Å². The maximum absolute atomic E-state index is 4.31. The minimum atomic E-state index is -0.173. The number of nitrogens with zero attached hydrogens (tertiary/aromatic N) is 3. The van der Waals surface area contributed by atoms with Crippen molar-refractivity contribution in [1.29, 1.82) is 0 Å². The van der Waals surface area contributed by atoms with Gasteiger partial charge in [-0.25, -0.2) is 4.68 Å². The van der Waals surface area contributed by atoms with Crippen LogP contribution >= 0.6 is 0 Å². The predicted molar refractivity (Wildman–Crippen MR) is 67.5 cm³/mol. The first-order valence-corrected chi connectivity index (χ1v) is 5.96. The summed E-state index contributed by atoms with van der Waals surface area (Å²) in [6.07, 6.45) is 6.10. The molecule has 0 aliphatic rings. The fourth-order valence-corrected chi connectivity index (χ4v) is 1.53. The standard InChI is InChI=1S/C13H23N3/c1-7-12(4,5)16-10-11(14-15-16)13(6,8-2)9-3/h7,10H,1,8-9H2,2-6H3. The van der Waals surface area contributed by atoms with E-state index in [0.717, 1.165) is 18.5 Å². The zero-order valence-electron chi connectivity index (χ0n) is 11.1. The molecular formula is C13H23N3. The highest BCUT2D eigenvalue weighted by atomic mass is 15.4. The van der Waals surface area contributed by atoms with Crippen LogP contribution in [0.25, 0.3) is 0 Å². The molecule has 0 aliphatic carbocycles. The van der Waals surface area contributed by atoms with Crippen LogP contribution in [0.3, 0.4) is 0 Å². The van der Waals surface area contributed by atoms with Crippen molar-refractivity contribution >= 4 is 0 Å². The highest BCUT2D eigenvalue weighted by Gasteiger charge is 2.27. The molecule has 0 spiro atoms. The Bertz CT molecular complexity index is 359. The molecule has 0 fully saturated rings. The molecule has 0 aliphatic heterocycles. The van der Waals surface area contributed by atoms with Gasteiger partial charge in [-0.1, -0.05) is 32.1 Å². The molecule has 0 saturated carbocycles. The van der Waals surface area contributed by atoms with Crippen LogP contribution in [0.1, 0.15) is 53.2 Å². The van der Waals surface area contributed by atoms with E-state index in [-0.39, 0.29) is 11.0 Å². The van der Waals surface area contributed by atoms with Crippen molar-refractivity contribution in [2.24, 2.45) is 0 Å². The van der Waals surface area contributed by atoms with E-state index >= 15 is 0 Å². The predicted octanol–water partition coefficient (Wildman–Crippen LogP) is 3.28. The van der Waals surface area contributed by atoms with Crippen molar-refractivity contribution in [2.45, 2.75) is 58.4 Å². The molecule has 1 aromatic rings. The first kappa shape index (κ1) is 12.9. The van der Waals surface area contributed by atoms with Gasteiger partial charge >= 0.3 is 0 Å². The van der Waals surface area contributed by atoms with Gasteiger partial charge in [-0.3, -0.25) is 0 Å². The van der Waals surface area contributed by atoms with Gasteiger partial charge in [0, 0.05) is 11.6 Å². The lowest BCUT2D eigenvalue weighted by atomic mass is 9.82. The molecule has 0 atom stereocenters. The van der Waals surface area contributed by atoms with Gasteiger partial charge in [0.25, 0.3) is 0 Å². The summed E-state index contributed by atoms with van der Waals surface area (Å²) in [7, 11) is 0. The Morgan fingerprint density at radius 1 is 1.31 bits per heavy atom. The molecule has 0 N–H and O–H groups in total. The van der Waals surface area contributed by atoms with Gasteiger partial charge < -0.3 is 0 Å². The molecular weight excluding hydrogens is 198 g/mol. The normalized spacial score (nSPS) is 12.8. The second-order valence-corrected chi connectivity index (χ2v) is 5.17. The Morgan fingerprint density at radius 3 is 2.31 bits per heavy atom. The Labute approximate surface area is 98.6 Å². The molecule has 90 valence electrons. The van der Waals surface area contributed by atoms with Gasteiger partial charge in [0.15, 0.2) is 0 Å². The largest absolute Gasteiger partial charge is 0.243 e. The van der Waals surface area contributed by atoms with Crippen molar-refractivity contribution in [3.8, 4) is 0 Å². The van der Waals surface area contributed by atoms with Crippen molar-refractivity contribution in [3.05, 3.63) is 24.5 Å². The second kappa shape index (κ2) is 4.40. The van der Waals surface area contributed by atoms with E-state index in [1.165, 1.54) is 0 Å². The number of allylic oxidation sites excluding steroid dienone is 1. The lowest BCUT2D eigenvalue weighted by molar-refractivity contribution is 0.396. The van der Waals surface area contributed by atoms with Crippen molar-refractivity contribution < 1.29 is 0 Å². The number of aromatic nitrogens is 3. The van der Waals surface area contributed by atoms with Gasteiger partial charge in [-0.05, 0) is 26.7 Å². The molecule has 1 heterocycles. The molecule has 16 heavy (non-hydrogen) atoms. The number of hydrogen-bond acceptors (Lipinski definition) is 2. The maximum atomic E-state index is 4.31. The summed E-state index contributed by atoms with van der Waals surface area (Å²) in [5.74, 6) is 0. The van der Waals surface area contributed by atoms with Crippen LogP contribution in [0, 0.1) is 0 Å². The van der Waals surface area contributed by atoms with Crippen molar-refractivity contribution in [3.63, 3.8) is 0 Å². The molecule has 3 heteroatoms. The average molecular weight is 221 g/mol. The van der Waals surface area contributed by atoms with Crippen LogP contribution in [0.4, 0.5) is 0 Å². The Hall–Kier alpha value is -1.12. The zero-order valence-corrected chi connectivity index (χ0v) is 11.1. The summed E-state index contributed by atoms with van der Waals surface area (Å²) in [6, 6.07) is 0. The third-order valence-electron chi connectivity index (χ3n) is 3.76. The lowest BCUT2D eigenvalue weighted by Crippen LogP contribution is -2.24. The van der Waals surface area contributed by atoms with Gasteiger partial charge in [-0.2, -0.15) is 0 Å². The van der Waals surface area contributed by atoms with E-state index in [0.29, 0.717) is 0 Å². The zero-order chi connectivity index (χ0) is 12.4. The van der Waals surface area contributed by atoms with E-state index in [1.807, 2.05) is 10.8 Å². The van der Waals surface area contributed by atoms with Crippen LogP contribution in [0.2, 0.25) is 0 Å². The first-order chi connectivity index (χ1) is 7.39. The highest BCUT2D eigenvalue weighted by molar-refractivity contribution is 5.11. The van der Waals surface area contributed by atoms with E-state index in [9.17, 15) is 0 Å². The fourth-order valence-electron chi connectivity index (χ4n) is 1.53. The summed E-state index contributed by atoms with van der Waals surface area (Å²) >= 11 is 0. The monoisotopic (exact) mass is 221 g/mol. The summed E-state index contributed by atoms with van der Waals surface area (Å²) in [5.41, 5.74) is 1.04. The highest BCUT2D eigenvalue weighted by Crippen LogP contribution is 2.30. The Morgan fingerprint density at radius 2 is 1.88 bits per heavy atom. The lowest BCUT2D eigenvalue weighted by Gasteiger charge is -2.24. The smallest absolute Gasteiger partial charge is 0.0886 e. The van der Waals surface area contributed by atoms with Crippen LogP contribution in [0.15, 0.2) is 18.9 Å². The van der Waals surface area contributed by atoms with Gasteiger partial charge in [0.05, 0.1) is 11.2 Å². The van der Waals surface area contributed by atoms with E-state index in [4.69, 9.17) is 0 Å². The summed E-state index contributed by atoms with van der Waals surface area (Å²) in [4.78, 5) is 0. The van der Waals surface area contributed by atoms with E-state index in [2.05, 4.69) is 57.7 Å². The van der Waals surface area contributed by atoms with E-state index < -0.39 is 0 Å². The minimum Gasteiger partial charge on any atom is -0.243 e. The molecule has 0 radical (unpaired) electrons. The Balaban J connectivity index is 3.08. The summed E-state index contributed by atoms with van der Waals surface area (Å²) in [5, 5.41) is 8.53. The molecule has 3 nitrogen and oxygen atoms in total. The van der Waals surface area contributed by atoms with Crippen LogP contribution < -0.4 is 0 Å². The van der Waals surface area contributed by atoms with E-state index in [1.54, 1.807) is 0 Å². The van der Waals surface area contributed by atoms with Crippen molar-refractivity contribution in [2.75, 3.05) is 0 Å². The molecule has 0 bridgehead atoms. The number of hydrogen-bond donors (Lipinski definition) is 0. The van der Waals surface area contributed by atoms with Gasteiger partial charge in [-0.15, -0.1) is 11.7 Å². The average Bonchev–Trinajstić information content (AvgIpc) is 2.78. The molecule has 0 unspecified atom stereocenters. The topological polar surface area (TPSA) is 30.7 Å². The second-order valence-electron chi connectivity index (χ2n) is 5.17. The molecule has 1 rings (SSSR count). The number of rotatable bonds is 5. The first-order valence-electron chi connectivity index (χ1n) is 5.96. The molecule has 0 aromatic carbocycles. The Kier molecular flexibility index (Phi) is 3.56. The summed E-state index contributed by atoms with van der Waals surface area (Å²) < 4.78 is 1.89. The molecule has 1 aromatic heterocycles. The van der Waals surface area contributed by atoms with Crippen molar-refractivity contribution in [1.82, 2.24) is 15.0 Å². The van der Waals surface area contributed by atoms with Crippen LogP contribution in [-0.2, 0) is 11.0 Å². The third kappa shape index (κ3) is 2.18. The van der Waals surface area contributed by atoms with Gasteiger partial charge in [0.1, 0.15) is 0 Å². The minimum absolute atomic E-state index is 0.134. The van der Waals surface area contributed by atoms with Crippen LogP contribution in [0.5, 0.6) is 0 Å². The van der Waals surface area contributed by atoms with Crippen LogP contribution in [-0.4, -0.2) is 15.0 Å².